The van der Waals surface area contributed by atoms with Crippen LogP contribution in [0.2, 0.25) is 0 Å². The minimum Gasteiger partial charge on any atom is -0.464 e. The molecule has 1 aliphatic heterocycles. The van der Waals surface area contributed by atoms with E-state index in [0.717, 1.165) is 6.42 Å². The highest BCUT2D eigenvalue weighted by Gasteiger charge is 2.48. The van der Waals surface area contributed by atoms with Crippen molar-refractivity contribution in [2.45, 2.75) is 69.5 Å². The third-order valence-electron chi connectivity index (χ3n) is 4.03. The highest BCUT2D eigenvalue weighted by molar-refractivity contribution is 7.81. The fourth-order valence-electron chi connectivity index (χ4n) is 2.61. The number of halogens is 3. The van der Waals surface area contributed by atoms with Crippen molar-refractivity contribution in [3.8, 4) is 0 Å². The van der Waals surface area contributed by atoms with Crippen LogP contribution in [0, 0.1) is 0 Å². The number of thiol groups is 1. The second kappa shape index (κ2) is 8.96. The molecule has 26 heavy (non-hydrogen) atoms. The third kappa shape index (κ3) is 6.07. The molecule has 150 valence electrons. The van der Waals surface area contributed by atoms with Crippen molar-refractivity contribution in [2.75, 3.05) is 13.2 Å². The summed E-state index contributed by atoms with van der Waals surface area (Å²) in [5.41, 5.74) is 0. The predicted molar refractivity (Wildman–Crippen MR) is 91.7 cm³/mol. The summed E-state index contributed by atoms with van der Waals surface area (Å²) in [4.78, 5) is 36.7. The highest BCUT2D eigenvalue weighted by atomic mass is 32.1. The Labute approximate surface area is 156 Å². The van der Waals surface area contributed by atoms with Gasteiger partial charge in [0.2, 0.25) is 5.91 Å². The summed E-state index contributed by atoms with van der Waals surface area (Å²) in [7, 11) is 0. The number of likely N-dealkylation sites (tertiary alicyclic amines) is 1. The molecule has 1 saturated heterocycles. The number of ether oxygens (including phenoxy) is 1. The molecule has 10 heteroatoms. The van der Waals surface area contributed by atoms with Crippen molar-refractivity contribution in [1.29, 1.82) is 0 Å². The van der Waals surface area contributed by atoms with Gasteiger partial charge in [0.15, 0.2) is 0 Å². The highest BCUT2D eigenvalue weighted by Crippen LogP contribution is 2.26. The SMILES string of the molecule is CCCCOC(=O)[C@H](NC(=O)[C@@H]1CCCN1C(=O)C(F)(F)F)C(C)(C)S. The minimum atomic E-state index is -5.05. The number of amides is 2. The first-order valence-corrected chi connectivity index (χ1v) is 8.91. The van der Waals surface area contributed by atoms with Crippen LogP contribution in [-0.4, -0.2) is 58.8 Å². The van der Waals surface area contributed by atoms with Crippen LogP contribution in [0.3, 0.4) is 0 Å². The summed E-state index contributed by atoms with van der Waals surface area (Å²) in [5.74, 6) is -3.58. The van der Waals surface area contributed by atoms with Crippen LogP contribution in [0.15, 0.2) is 0 Å². The van der Waals surface area contributed by atoms with E-state index >= 15 is 0 Å². The van der Waals surface area contributed by atoms with Crippen LogP contribution in [-0.2, 0) is 19.1 Å². The van der Waals surface area contributed by atoms with Gasteiger partial charge in [-0.2, -0.15) is 25.8 Å². The molecular formula is C16H25F3N2O4S. The van der Waals surface area contributed by atoms with Crippen molar-refractivity contribution in [3.05, 3.63) is 0 Å². The van der Waals surface area contributed by atoms with E-state index in [-0.39, 0.29) is 26.0 Å². The lowest BCUT2D eigenvalue weighted by Crippen LogP contribution is -2.57. The van der Waals surface area contributed by atoms with Gasteiger partial charge in [0.1, 0.15) is 12.1 Å². The van der Waals surface area contributed by atoms with Gasteiger partial charge in [-0.3, -0.25) is 9.59 Å². The maximum Gasteiger partial charge on any atom is 0.471 e. The summed E-state index contributed by atoms with van der Waals surface area (Å²) < 4.78 is 42.1. The second-order valence-electron chi connectivity index (χ2n) is 6.77. The topological polar surface area (TPSA) is 75.7 Å². The number of carbonyl (C=O) groups is 3. The smallest absolute Gasteiger partial charge is 0.464 e. The first-order chi connectivity index (χ1) is 11.9. The number of nitrogens with zero attached hydrogens (tertiary/aromatic N) is 1. The lowest BCUT2D eigenvalue weighted by Gasteiger charge is -2.31. The normalized spacial score (nSPS) is 19.2. The molecular weight excluding hydrogens is 373 g/mol. The molecule has 1 heterocycles. The van der Waals surface area contributed by atoms with Gasteiger partial charge < -0.3 is 15.0 Å². The quantitative estimate of drug-likeness (QED) is 0.391. The number of unbranched alkanes of at least 4 members (excludes halogenated alkanes) is 1. The van der Waals surface area contributed by atoms with Crippen LogP contribution >= 0.6 is 12.6 Å². The van der Waals surface area contributed by atoms with Gasteiger partial charge in [0.05, 0.1) is 6.61 Å². The van der Waals surface area contributed by atoms with Crippen LogP contribution in [0.25, 0.3) is 0 Å². The molecule has 0 bridgehead atoms. The monoisotopic (exact) mass is 398 g/mol. The van der Waals surface area contributed by atoms with Gasteiger partial charge in [-0.05, 0) is 33.1 Å². The molecule has 0 aliphatic carbocycles. The molecule has 1 N–H and O–H groups in total. The molecule has 0 spiro atoms. The van der Waals surface area contributed by atoms with E-state index in [0.29, 0.717) is 11.3 Å². The summed E-state index contributed by atoms with van der Waals surface area (Å²) in [6.07, 6.45) is -3.22. The van der Waals surface area contributed by atoms with Gasteiger partial charge in [-0.1, -0.05) is 13.3 Å². The molecule has 1 rings (SSSR count). The summed E-state index contributed by atoms with van der Waals surface area (Å²) in [6.45, 7) is 5.09. The number of esters is 1. The Balaban J connectivity index is 2.85. The van der Waals surface area contributed by atoms with Crippen LogP contribution in [0.5, 0.6) is 0 Å². The molecule has 2 atom stereocenters. The zero-order valence-corrected chi connectivity index (χ0v) is 16.0. The Hall–Kier alpha value is -1.45. The zero-order chi connectivity index (χ0) is 20.1. The van der Waals surface area contributed by atoms with Crippen LogP contribution in [0.1, 0.15) is 46.5 Å². The van der Waals surface area contributed by atoms with Crippen LogP contribution in [0.4, 0.5) is 13.2 Å². The van der Waals surface area contributed by atoms with E-state index in [9.17, 15) is 27.6 Å². The van der Waals surface area contributed by atoms with Crippen molar-refractivity contribution < 1.29 is 32.3 Å². The molecule has 0 aromatic heterocycles. The number of rotatable bonds is 7. The van der Waals surface area contributed by atoms with Gasteiger partial charge in [-0.25, -0.2) is 4.79 Å². The molecule has 2 amide bonds. The molecule has 0 unspecified atom stereocenters. The predicted octanol–water partition coefficient (Wildman–Crippen LogP) is 2.08. The number of hydrogen-bond acceptors (Lipinski definition) is 5. The molecule has 0 saturated carbocycles. The standard InChI is InChI=1S/C16H25F3N2O4S/c1-4-5-9-25-13(23)11(15(2,3)26)20-12(22)10-7-6-8-21(10)14(24)16(17,18)19/h10-11,26H,4-9H2,1-3H3,(H,20,22)/t10-,11-/m0/s1. The van der Waals surface area contributed by atoms with Crippen molar-refractivity contribution in [3.63, 3.8) is 0 Å². The molecule has 1 fully saturated rings. The van der Waals surface area contributed by atoms with Crippen molar-refractivity contribution >= 4 is 30.4 Å². The number of alkyl halides is 3. The molecule has 0 radical (unpaired) electrons. The first kappa shape index (κ1) is 22.6. The van der Waals surface area contributed by atoms with E-state index in [1.54, 1.807) is 13.8 Å². The lowest BCUT2D eigenvalue weighted by atomic mass is 10.0. The average Bonchev–Trinajstić information content (AvgIpc) is 2.99. The summed E-state index contributed by atoms with van der Waals surface area (Å²) in [5, 5.41) is 2.41. The third-order valence-corrected chi connectivity index (χ3v) is 4.29. The Kier molecular flexibility index (Phi) is 7.79. The van der Waals surface area contributed by atoms with Gasteiger partial charge in [-0.15, -0.1) is 0 Å². The fourth-order valence-corrected chi connectivity index (χ4v) is 2.78. The molecule has 6 nitrogen and oxygen atoms in total. The molecule has 0 aromatic carbocycles. The Bertz CT molecular complexity index is 535. The zero-order valence-electron chi connectivity index (χ0n) is 15.1. The van der Waals surface area contributed by atoms with Gasteiger partial charge >= 0.3 is 18.1 Å². The van der Waals surface area contributed by atoms with Gasteiger partial charge in [0.25, 0.3) is 0 Å². The van der Waals surface area contributed by atoms with Crippen molar-refractivity contribution in [2.24, 2.45) is 0 Å². The fraction of sp³-hybridized carbons (Fsp3) is 0.812. The summed E-state index contributed by atoms with van der Waals surface area (Å²) >= 11 is 4.28. The molecule has 1 aliphatic rings. The first-order valence-electron chi connectivity index (χ1n) is 8.46. The Morgan fingerprint density at radius 3 is 2.42 bits per heavy atom. The second-order valence-corrected chi connectivity index (χ2v) is 7.92. The van der Waals surface area contributed by atoms with E-state index in [1.807, 2.05) is 6.92 Å². The van der Waals surface area contributed by atoms with Crippen LogP contribution < -0.4 is 5.32 Å². The Morgan fingerprint density at radius 2 is 1.92 bits per heavy atom. The Morgan fingerprint density at radius 1 is 1.31 bits per heavy atom. The van der Waals surface area contributed by atoms with E-state index in [4.69, 9.17) is 4.74 Å². The van der Waals surface area contributed by atoms with Gasteiger partial charge in [0, 0.05) is 11.3 Å². The minimum absolute atomic E-state index is 0.0955. The lowest BCUT2D eigenvalue weighted by molar-refractivity contribution is -0.186. The summed E-state index contributed by atoms with van der Waals surface area (Å²) in [6, 6.07) is -2.43. The number of nitrogens with one attached hydrogen (secondary N) is 1. The van der Waals surface area contributed by atoms with E-state index in [1.165, 1.54) is 0 Å². The average molecular weight is 398 g/mol. The van der Waals surface area contributed by atoms with E-state index < -0.39 is 40.8 Å². The number of carbonyl (C=O) groups excluding carboxylic acids is 3. The van der Waals surface area contributed by atoms with E-state index in [2.05, 4.69) is 17.9 Å². The maximum absolute atomic E-state index is 12.7. The van der Waals surface area contributed by atoms with Crippen molar-refractivity contribution in [1.82, 2.24) is 10.2 Å². The number of hydrogen-bond donors (Lipinski definition) is 2. The largest absolute Gasteiger partial charge is 0.471 e. The molecule has 0 aromatic rings. The maximum atomic E-state index is 12.7.